The summed E-state index contributed by atoms with van der Waals surface area (Å²) in [5, 5.41) is 9.12. The zero-order chi connectivity index (χ0) is 15.0. The number of carbonyl (C=O) groups excluding carboxylic acids is 1. The first-order valence-corrected chi connectivity index (χ1v) is 7.52. The molecule has 0 fully saturated rings. The van der Waals surface area contributed by atoms with Gasteiger partial charge in [-0.25, -0.2) is 0 Å². The number of hydrogen-bond donors (Lipinski definition) is 1. The second-order valence-corrected chi connectivity index (χ2v) is 6.12. The van der Waals surface area contributed by atoms with Crippen LogP contribution in [0.4, 0.5) is 5.69 Å². The molecule has 0 aromatic carbocycles. The molecule has 0 unspecified atom stereocenters. The van der Waals surface area contributed by atoms with E-state index in [-0.39, 0.29) is 11.9 Å². The Kier molecular flexibility index (Phi) is 3.94. The highest BCUT2D eigenvalue weighted by Gasteiger charge is 2.24. The van der Waals surface area contributed by atoms with Crippen LogP contribution in [-0.2, 0) is 0 Å². The molecule has 2 rings (SSSR count). The Hall–Kier alpha value is -1.69. The Morgan fingerprint density at radius 3 is 2.55 bits per heavy atom. The van der Waals surface area contributed by atoms with E-state index in [1.54, 1.807) is 4.90 Å². The third-order valence-corrected chi connectivity index (χ3v) is 4.63. The number of anilines is 1. The predicted octanol–water partition coefficient (Wildman–Crippen LogP) is 2.76. The Balaban J connectivity index is 2.59. The fraction of sp³-hybridized carbons (Fsp3) is 0.500. The lowest BCUT2D eigenvalue weighted by Gasteiger charge is -2.24. The number of nitrogens with two attached hydrogens (primary N) is 1. The van der Waals surface area contributed by atoms with Gasteiger partial charge >= 0.3 is 0 Å². The summed E-state index contributed by atoms with van der Waals surface area (Å²) in [4.78, 5) is 15.7. The van der Waals surface area contributed by atoms with Crippen molar-refractivity contribution in [3.8, 4) is 0 Å². The molecule has 6 heteroatoms. The van der Waals surface area contributed by atoms with E-state index in [1.165, 1.54) is 11.3 Å². The summed E-state index contributed by atoms with van der Waals surface area (Å²) in [5.74, 6) is -0.0277. The van der Waals surface area contributed by atoms with Gasteiger partial charge in [-0.05, 0) is 40.2 Å². The number of aryl methyl sites for hydroxylation is 2. The third-order valence-electron chi connectivity index (χ3n) is 3.55. The normalized spacial score (nSPS) is 11.3. The third kappa shape index (κ3) is 2.24. The lowest BCUT2D eigenvalue weighted by atomic mass is 10.1. The van der Waals surface area contributed by atoms with Gasteiger partial charge in [-0.3, -0.25) is 4.79 Å². The van der Waals surface area contributed by atoms with Gasteiger partial charge in [0.2, 0.25) is 0 Å². The molecule has 1 amide bonds. The molecule has 0 bridgehead atoms. The maximum Gasteiger partial charge on any atom is 0.266 e. The predicted molar refractivity (Wildman–Crippen MR) is 83.1 cm³/mol. The van der Waals surface area contributed by atoms with Crippen LogP contribution >= 0.6 is 11.3 Å². The minimum atomic E-state index is -0.0277. The molecular weight excluding hydrogens is 272 g/mol. The highest BCUT2D eigenvalue weighted by molar-refractivity contribution is 7.21. The van der Waals surface area contributed by atoms with Crippen LogP contribution in [-0.4, -0.2) is 33.6 Å². The summed E-state index contributed by atoms with van der Waals surface area (Å²) in [7, 11) is 0. The van der Waals surface area contributed by atoms with Gasteiger partial charge in [0, 0.05) is 18.0 Å². The molecule has 0 atom stereocenters. The van der Waals surface area contributed by atoms with Crippen LogP contribution in [0.2, 0.25) is 0 Å². The van der Waals surface area contributed by atoms with Crippen molar-refractivity contribution < 1.29 is 4.79 Å². The van der Waals surface area contributed by atoms with Crippen molar-refractivity contribution in [2.75, 3.05) is 12.3 Å². The maximum absolute atomic E-state index is 12.6. The Morgan fingerprint density at radius 1 is 1.35 bits per heavy atom. The number of carbonyl (C=O) groups is 1. The van der Waals surface area contributed by atoms with Crippen molar-refractivity contribution in [1.29, 1.82) is 0 Å². The van der Waals surface area contributed by atoms with Crippen LogP contribution in [0.3, 0.4) is 0 Å². The second kappa shape index (κ2) is 5.36. The first-order chi connectivity index (χ1) is 9.38. The van der Waals surface area contributed by atoms with Crippen LogP contribution in [0, 0.1) is 13.8 Å². The number of aromatic nitrogens is 2. The van der Waals surface area contributed by atoms with E-state index >= 15 is 0 Å². The SMILES string of the molecule is CCN(C(=O)c1sc2nnc(C)c(C)c2c1N)C(C)C. The summed E-state index contributed by atoms with van der Waals surface area (Å²) in [6.45, 7) is 10.5. The molecule has 0 radical (unpaired) electrons. The second-order valence-electron chi connectivity index (χ2n) is 5.12. The van der Waals surface area contributed by atoms with Gasteiger partial charge in [-0.2, -0.15) is 5.10 Å². The van der Waals surface area contributed by atoms with Crippen LogP contribution < -0.4 is 5.73 Å². The molecule has 2 heterocycles. The average molecular weight is 292 g/mol. The molecular formula is C14H20N4OS. The number of nitrogens with zero attached hydrogens (tertiary/aromatic N) is 3. The van der Waals surface area contributed by atoms with Gasteiger partial charge in [0.25, 0.3) is 5.91 Å². The highest BCUT2D eigenvalue weighted by atomic mass is 32.1. The first-order valence-electron chi connectivity index (χ1n) is 6.71. The molecule has 108 valence electrons. The van der Waals surface area contributed by atoms with E-state index < -0.39 is 0 Å². The minimum Gasteiger partial charge on any atom is -0.397 e. The Bertz CT molecular complexity index is 663. The topological polar surface area (TPSA) is 72.1 Å². The van der Waals surface area contributed by atoms with E-state index in [1.807, 2.05) is 34.6 Å². The van der Waals surface area contributed by atoms with Crippen molar-refractivity contribution in [1.82, 2.24) is 15.1 Å². The molecule has 20 heavy (non-hydrogen) atoms. The summed E-state index contributed by atoms with van der Waals surface area (Å²) < 4.78 is 0. The smallest absolute Gasteiger partial charge is 0.266 e. The van der Waals surface area contributed by atoms with Gasteiger partial charge in [0.15, 0.2) is 0 Å². The summed E-state index contributed by atoms with van der Waals surface area (Å²) in [6, 6.07) is 0.144. The highest BCUT2D eigenvalue weighted by Crippen LogP contribution is 2.35. The van der Waals surface area contributed by atoms with Crippen molar-refractivity contribution in [2.24, 2.45) is 0 Å². The number of fused-ring (bicyclic) bond motifs is 1. The molecule has 5 nitrogen and oxygen atoms in total. The van der Waals surface area contributed by atoms with E-state index in [0.29, 0.717) is 17.1 Å². The molecule has 0 saturated heterocycles. The van der Waals surface area contributed by atoms with Crippen LogP contribution in [0.15, 0.2) is 0 Å². The van der Waals surface area contributed by atoms with Crippen LogP contribution in [0.5, 0.6) is 0 Å². The number of hydrogen-bond acceptors (Lipinski definition) is 5. The Labute approximate surface area is 122 Å². The van der Waals surface area contributed by atoms with Crippen LogP contribution in [0.1, 0.15) is 41.7 Å². The average Bonchev–Trinajstić information content (AvgIpc) is 2.72. The van der Waals surface area contributed by atoms with E-state index in [2.05, 4.69) is 10.2 Å². The van der Waals surface area contributed by atoms with E-state index in [0.717, 1.165) is 21.5 Å². The fourth-order valence-corrected chi connectivity index (χ4v) is 3.33. The lowest BCUT2D eigenvalue weighted by molar-refractivity contribution is 0.0723. The van der Waals surface area contributed by atoms with Crippen molar-refractivity contribution in [2.45, 2.75) is 40.7 Å². The maximum atomic E-state index is 12.6. The van der Waals surface area contributed by atoms with Crippen LogP contribution in [0.25, 0.3) is 10.2 Å². The summed E-state index contributed by atoms with van der Waals surface area (Å²) in [6.07, 6.45) is 0. The quantitative estimate of drug-likeness (QED) is 0.944. The number of rotatable bonds is 3. The lowest BCUT2D eigenvalue weighted by Crippen LogP contribution is -2.36. The molecule has 0 aliphatic rings. The van der Waals surface area contributed by atoms with E-state index in [9.17, 15) is 4.79 Å². The minimum absolute atomic E-state index is 0.0277. The molecule has 2 aromatic heterocycles. The molecule has 0 aliphatic carbocycles. The van der Waals surface area contributed by atoms with Gasteiger partial charge in [0.05, 0.1) is 11.4 Å². The summed E-state index contributed by atoms with van der Waals surface area (Å²) >= 11 is 1.33. The zero-order valence-electron chi connectivity index (χ0n) is 12.5. The summed E-state index contributed by atoms with van der Waals surface area (Å²) in [5.41, 5.74) is 8.57. The van der Waals surface area contributed by atoms with Gasteiger partial charge < -0.3 is 10.6 Å². The largest absolute Gasteiger partial charge is 0.397 e. The molecule has 0 aliphatic heterocycles. The van der Waals surface area contributed by atoms with Gasteiger partial charge in [-0.15, -0.1) is 16.4 Å². The molecule has 0 saturated carbocycles. The Morgan fingerprint density at radius 2 is 2.00 bits per heavy atom. The van der Waals surface area contributed by atoms with Crippen molar-refractivity contribution in [3.05, 3.63) is 16.1 Å². The number of amides is 1. The monoisotopic (exact) mass is 292 g/mol. The van der Waals surface area contributed by atoms with E-state index in [4.69, 9.17) is 5.73 Å². The molecule has 0 spiro atoms. The zero-order valence-corrected chi connectivity index (χ0v) is 13.3. The standard InChI is InChI=1S/C14H20N4OS/c1-6-18(7(2)3)14(19)12-11(15)10-8(4)9(5)16-17-13(10)20-12/h7H,6,15H2,1-5H3. The van der Waals surface area contributed by atoms with Gasteiger partial charge in [-0.1, -0.05) is 0 Å². The van der Waals surface area contributed by atoms with Crippen molar-refractivity contribution >= 4 is 33.1 Å². The first kappa shape index (κ1) is 14.7. The molecule has 2 aromatic rings. The number of thiophene rings is 1. The number of nitrogen functional groups attached to an aromatic ring is 1. The fourth-order valence-electron chi connectivity index (χ4n) is 2.27. The van der Waals surface area contributed by atoms with Crippen molar-refractivity contribution in [3.63, 3.8) is 0 Å². The molecule has 2 N–H and O–H groups in total. The van der Waals surface area contributed by atoms with Gasteiger partial charge in [0.1, 0.15) is 9.71 Å².